The molecule has 4 rings (SSSR count). The fourth-order valence-corrected chi connectivity index (χ4v) is 3.77. The molecule has 30 heavy (non-hydrogen) atoms. The number of hydrogen-bond acceptors (Lipinski definition) is 2. The highest BCUT2D eigenvalue weighted by Crippen LogP contribution is 2.27. The first-order valence-electron chi connectivity index (χ1n) is 10.8. The zero-order valence-electron chi connectivity index (χ0n) is 18.1. The van der Waals surface area contributed by atoms with Gasteiger partial charge in [-0.1, -0.05) is 66.3 Å². The van der Waals surface area contributed by atoms with Crippen LogP contribution in [0.1, 0.15) is 61.1 Å². The maximum Gasteiger partial charge on any atom is 0.569 e. The van der Waals surface area contributed by atoms with Gasteiger partial charge in [0.2, 0.25) is 0 Å². The molecular formula is C26H33BClO2. The molecule has 0 spiro atoms. The zero-order valence-corrected chi connectivity index (χ0v) is 18.9. The summed E-state index contributed by atoms with van der Waals surface area (Å²) >= 11 is 5.73. The van der Waals surface area contributed by atoms with E-state index < -0.39 is 0 Å². The lowest BCUT2D eigenvalue weighted by molar-refractivity contribution is 0.453. The lowest BCUT2D eigenvalue weighted by Gasteiger charge is -2.16. The largest absolute Gasteiger partial charge is 0.569 e. The smallest absolute Gasteiger partial charge is 0.537 e. The first-order chi connectivity index (χ1) is 14.6. The SMILES string of the molecule is Cc1cccc(O[B]O)c1.Cc1cccc([C@@H]2C=CCCC2)c1.ClC1C=CCCC1. The third-order valence-corrected chi connectivity index (χ3v) is 5.46. The van der Waals surface area contributed by atoms with Gasteiger partial charge >= 0.3 is 7.69 Å². The Morgan fingerprint density at radius 2 is 1.57 bits per heavy atom. The summed E-state index contributed by atoms with van der Waals surface area (Å²) in [7, 11) is 0.675. The number of halogens is 1. The average Bonchev–Trinajstić information content (AvgIpc) is 2.76. The number of aryl methyl sites for hydroxylation is 2. The molecule has 2 aliphatic carbocycles. The van der Waals surface area contributed by atoms with E-state index in [1.165, 1.54) is 43.2 Å². The van der Waals surface area contributed by atoms with E-state index in [0.29, 0.717) is 24.7 Å². The van der Waals surface area contributed by atoms with Crippen molar-refractivity contribution < 1.29 is 9.68 Å². The lowest BCUT2D eigenvalue weighted by Crippen LogP contribution is -1.99. The fourth-order valence-electron chi connectivity index (χ4n) is 3.51. The number of benzene rings is 2. The van der Waals surface area contributed by atoms with Crippen molar-refractivity contribution >= 4 is 19.3 Å². The van der Waals surface area contributed by atoms with Crippen LogP contribution < -0.4 is 4.65 Å². The van der Waals surface area contributed by atoms with Crippen LogP contribution in [0, 0.1) is 13.8 Å². The van der Waals surface area contributed by atoms with Crippen molar-refractivity contribution in [3.05, 3.63) is 89.5 Å². The predicted octanol–water partition coefficient (Wildman–Crippen LogP) is 7.05. The quantitative estimate of drug-likeness (QED) is 0.325. The van der Waals surface area contributed by atoms with Crippen molar-refractivity contribution in [1.82, 2.24) is 0 Å². The van der Waals surface area contributed by atoms with Gasteiger partial charge in [0.25, 0.3) is 0 Å². The highest BCUT2D eigenvalue weighted by Gasteiger charge is 2.10. The Bertz CT molecular complexity index is 803. The van der Waals surface area contributed by atoms with Crippen LogP contribution in [0.2, 0.25) is 0 Å². The van der Waals surface area contributed by atoms with E-state index in [0.717, 1.165) is 12.0 Å². The number of rotatable bonds is 3. The molecule has 2 nitrogen and oxygen atoms in total. The van der Waals surface area contributed by atoms with Gasteiger partial charge in [-0.3, -0.25) is 0 Å². The first-order valence-corrected chi connectivity index (χ1v) is 11.3. The summed E-state index contributed by atoms with van der Waals surface area (Å²) in [6.45, 7) is 4.13. The highest BCUT2D eigenvalue weighted by molar-refractivity contribution is 6.21. The van der Waals surface area contributed by atoms with Crippen molar-refractivity contribution in [3.63, 3.8) is 0 Å². The number of allylic oxidation sites excluding steroid dienone is 4. The minimum Gasteiger partial charge on any atom is -0.537 e. The van der Waals surface area contributed by atoms with Crippen LogP contribution in [-0.2, 0) is 0 Å². The van der Waals surface area contributed by atoms with Crippen molar-refractivity contribution in [2.45, 2.75) is 63.7 Å². The second-order valence-electron chi connectivity index (χ2n) is 7.79. The van der Waals surface area contributed by atoms with E-state index in [-0.39, 0.29) is 0 Å². The normalized spacial score (nSPS) is 19.6. The number of hydrogen-bond donors (Lipinski definition) is 1. The molecule has 0 aromatic heterocycles. The van der Waals surface area contributed by atoms with Crippen LogP contribution in [0.15, 0.2) is 72.8 Å². The van der Waals surface area contributed by atoms with Gasteiger partial charge in [0.15, 0.2) is 0 Å². The summed E-state index contributed by atoms with van der Waals surface area (Å²) in [5.41, 5.74) is 3.96. The van der Waals surface area contributed by atoms with Gasteiger partial charge in [0, 0.05) is 5.92 Å². The van der Waals surface area contributed by atoms with Crippen molar-refractivity contribution in [1.29, 1.82) is 0 Å². The van der Waals surface area contributed by atoms with Crippen LogP contribution in [0.3, 0.4) is 0 Å². The summed E-state index contributed by atoms with van der Waals surface area (Å²) in [4.78, 5) is 0. The van der Waals surface area contributed by atoms with Gasteiger partial charge < -0.3 is 9.68 Å². The zero-order chi connectivity index (χ0) is 21.6. The van der Waals surface area contributed by atoms with Crippen molar-refractivity contribution in [3.8, 4) is 5.75 Å². The lowest BCUT2D eigenvalue weighted by atomic mass is 9.89. The van der Waals surface area contributed by atoms with Gasteiger partial charge in [0.1, 0.15) is 5.75 Å². The molecule has 159 valence electrons. The minimum absolute atomic E-state index is 0.328. The molecule has 4 heteroatoms. The Labute approximate surface area is 187 Å². The summed E-state index contributed by atoms with van der Waals surface area (Å²) < 4.78 is 4.72. The molecule has 1 radical (unpaired) electrons. The Morgan fingerprint density at radius 3 is 2.07 bits per heavy atom. The molecule has 2 aromatic carbocycles. The summed E-state index contributed by atoms with van der Waals surface area (Å²) in [6, 6.07) is 16.3. The Morgan fingerprint density at radius 1 is 0.900 bits per heavy atom. The van der Waals surface area contributed by atoms with Gasteiger partial charge in [-0.15, -0.1) is 11.6 Å². The summed E-state index contributed by atoms with van der Waals surface area (Å²) in [6.07, 6.45) is 16.5. The highest BCUT2D eigenvalue weighted by atomic mass is 35.5. The molecule has 0 heterocycles. The number of alkyl halides is 1. The maximum absolute atomic E-state index is 8.26. The van der Waals surface area contributed by atoms with E-state index >= 15 is 0 Å². The van der Waals surface area contributed by atoms with Crippen LogP contribution in [0.25, 0.3) is 0 Å². The van der Waals surface area contributed by atoms with Crippen molar-refractivity contribution in [2.24, 2.45) is 0 Å². The summed E-state index contributed by atoms with van der Waals surface area (Å²) in [5, 5.41) is 8.59. The van der Waals surface area contributed by atoms with Gasteiger partial charge in [-0.05, 0) is 75.6 Å². The van der Waals surface area contributed by atoms with Crippen molar-refractivity contribution in [2.75, 3.05) is 0 Å². The van der Waals surface area contributed by atoms with E-state index in [9.17, 15) is 0 Å². The fraction of sp³-hybridized carbons (Fsp3) is 0.385. The molecule has 2 aromatic rings. The van der Waals surface area contributed by atoms with E-state index in [4.69, 9.17) is 21.3 Å². The topological polar surface area (TPSA) is 29.5 Å². The third kappa shape index (κ3) is 9.69. The van der Waals surface area contributed by atoms with E-state index in [1.54, 1.807) is 6.07 Å². The molecule has 0 fully saturated rings. The van der Waals surface area contributed by atoms with Crippen LogP contribution >= 0.6 is 11.6 Å². The second-order valence-corrected chi connectivity index (χ2v) is 8.36. The van der Waals surface area contributed by atoms with Gasteiger partial charge in [-0.25, -0.2) is 0 Å². The maximum atomic E-state index is 8.26. The van der Waals surface area contributed by atoms with Gasteiger partial charge in [0.05, 0.1) is 5.38 Å². The standard InChI is InChI=1S/C13H16.C7H8BO2.C6H9Cl/c1-11-6-5-9-13(10-11)12-7-3-2-4-8-12;1-6-3-2-4-7(5-6)10-8-9;7-6-4-2-1-3-5-6/h3,5-7,9-10,12H,2,4,8H2,1H3;2-5,9H,1H3;2,4,6H,1,3,5H2/t12-;;/m1../s1. The van der Waals surface area contributed by atoms with E-state index in [1.807, 2.05) is 25.1 Å². The monoisotopic (exact) mass is 423 g/mol. The van der Waals surface area contributed by atoms with E-state index in [2.05, 4.69) is 55.5 Å². The van der Waals surface area contributed by atoms with Crippen LogP contribution in [-0.4, -0.2) is 18.1 Å². The molecule has 1 unspecified atom stereocenters. The Balaban J connectivity index is 0.000000168. The molecule has 2 atom stereocenters. The Kier molecular flexibility index (Phi) is 11.4. The molecule has 0 saturated heterocycles. The Hall–Kier alpha value is -1.97. The molecule has 0 bridgehead atoms. The van der Waals surface area contributed by atoms with Gasteiger partial charge in [-0.2, -0.15) is 0 Å². The predicted molar refractivity (Wildman–Crippen MR) is 129 cm³/mol. The summed E-state index contributed by atoms with van der Waals surface area (Å²) in [5.74, 6) is 1.33. The molecule has 2 aliphatic rings. The molecule has 0 amide bonds. The molecule has 0 saturated carbocycles. The molecular weight excluding hydrogens is 391 g/mol. The second kappa shape index (κ2) is 14.1. The molecule has 1 N–H and O–H groups in total. The average molecular weight is 424 g/mol. The third-order valence-electron chi connectivity index (χ3n) is 5.10. The van der Waals surface area contributed by atoms with Crippen LogP contribution in [0.5, 0.6) is 5.75 Å². The minimum atomic E-state index is 0.328. The first kappa shape index (κ1) is 24.3. The molecule has 0 aliphatic heterocycles. The van der Waals surface area contributed by atoms with Crippen LogP contribution in [0.4, 0.5) is 0 Å².